The van der Waals surface area contributed by atoms with E-state index in [1.165, 1.54) is 22.3 Å². The van der Waals surface area contributed by atoms with Gasteiger partial charge in [0.15, 0.2) is 17.3 Å². The number of aryl methyl sites for hydroxylation is 2. The van der Waals surface area contributed by atoms with Crippen LogP contribution in [-0.2, 0) is 4.79 Å². The van der Waals surface area contributed by atoms with E-state index in [0.29, 0.717) is 53.5 Å². The highest BCUT2D eigenvalue weighted by molar-refractivity contribution is 8.27. The van der Waals surface area contributed by atoms with Crippen molar-refractivity contribution in [3.05, 3.63) is 89.0 Å². The summed E-state index contributed by atoms with van der Waals surface area (Å²) in [6.45, 7) is 7.54. The second kappa shape index (κ2) is 13.4. The number of nitrogens with one attached hydrogen (secondary N) is 1. The highest BCUT2D eigenvalue weighted by Crippen LogP contribution is 2.32. The molecule has 10 heteroatoms. The summed E-state index contributed by atoms with van der Waals surface area (Å²) >= 11 is 1.22. The van der Waals surface area contributed by atoms with Gasteiger partial charge in [-0.25, -0.2) is 0 Å². The topological polar surface area (TPSA) is 106 Å². The maximum Gasteiger partial charge on any atom is 0.283 e. The molecule has 2 aliphatic rings. The van der Waals surface area contributed by atoms with Crippen molar-refractivity contribution in [2.45, 2.75) is 27.2 Å². The van der Waals surface area contributed by atoms with Crippen LogP contribution < -0.4 is 18.9 Å². The van der Waals surface area contributed by atoms with Crippen LogP contribution in [-0.4, -0.2) is 53.4 Å². The normalized spacial score (nSPS) is 15.3. The minimum Gasteiger partial charge on any atom is -0.493 e. The highest BCUT2D eigenvalue weighted by Gasteiger charge is 2.35. The highest BCUT2D eigenvalue weighted by atomic mass is 32.2. The Labute approximate surface area is 249 Å². The van der Waals surface area contributed by atoms with Gasteiger partial charge in [0.1, 0.15) is 23.1 Å². The molecular formula is C32H32N4O5S. The van der Waals surface area contributed by atoms with Crippen molar-refractivity contribution in [2.24, 2.45) is 10.1 Å². The van der Waals surface area contributed by atoms with Gasteiger partial charge in [-0.15, -0.1) is 0 Å². The number of para-hydroxylation sites is 1. The Hall–Kier alpha value is -4.57. The zero-order valence-corrected chi connectivity index (χ0v) is 24.6. The Morgan fingerprint density at radius 1 is 0.905 bits per heavy atom. The number of hydrogen-bond donors (Lipinski definition) is 1. The first-order valence-electron chi connectivity index (χ1n) is 13.7. The number of hydrogen-bond acceptors (Lipinski definition) is 8. The second-order valence-electron chi connectivity index (χ2n) is 9.57. The fraction of sp³-hybridized carbons (Fsp3) is 0.250. The van der Waals surface area contributed by atoms with E-state index in [1.807, 2.05) is 75.4 Å². The van der Waals surface area contributed by atoms with Crippen LogP contribution in [0.25, 0.3) is 6.08 Å². The summed E-state index contributed by atoms with van der Waals surface area (Å²) in [5, 5.41) is 15.5. The third-order valence-corrected chi connectivity index (χ3v) is 7.24. The van der Waals surface area contributed by atoms with Gasteiger partial charge in [-0.2, -0.15) is 15.1 Å². The van der Waals surface area contributed by atoms with Crippen LogP contribution in [0.2, 0.25) is 0 Å². The van der Waals surface area contributed by atoms with Gasteiger partial charge in [0.05, 0.1) is 25.4 Å². The van der Waals surface area contributed by atoms with Crippen LogP contribution in [0.3, 0.4) is 0 Å². The van der Waals surface area contributed by atoms with Crippen LogP contribution in [0.5, 0.6) is 23.0 Å². The lowest BCUT2D eigenvalue weighted by Gasteiger charge is -2.20. The van der Waals surface area contributed by atoms with Gasteiger partial charge >= 0.3 is 0 Å². The lowest BCUT2D eigenvalue weighted by Crippen LogP contribution is -2.35. The maximum absolute atomic E-state index is 12.9. The summed E-state index contributed by atoms with van der Waals surface area (Å²) in [4.78, 5) is 17.1. The van der Waals surface area contributed by atoms with Gasteiger partial charge in [0, 0.05) is 6.42 Å². The number of rotatable bonds is 12. The summed E-state index contributed by atoms with van der Waals surface area (Å²) in [6.07, 6.45) is 2.32. The molecule has 0 bridgehead atoms. The summed E-state index contributed by atoms with van der Waals surface area (Å²) < 4.78 is 23.4. The van der Waals surface area contributed by atoms with E-state index in [0.717, 1.165) is 17.1 Å². The molecule has 42 heavy (non-hydrogen) atoms. The molecule has 0 atom stereocenters. The number of fused-ring (bicyclic) bond motifs is 1. The van der Waals surface area contributed by atoms with Gasteiger partial charge < -0.3 is 18.9 Å². The van der Waals surface area contributed by atoms with Crippen LogP contribution in [0.15, 0.2) is 82.4 Å². The Morgan fingerprint density at radius 2 is 1.69 bits per heavy atom. The van der Waals surface area contributed by atoms with Gasteiger partial charge in [-0.3, -0.25) is 10.2 Å². The van der Waals surface area contributed by atoms with Crippen LogP contribution in [0.4, 0.5) is 0 Å². The molecule has 9 nitrogen and oxygen atoms in total. The number of amides is 1. The molecular weight excluding hydrogens is 552 g/mol. The van der Waals surface area contributed by atoms with Gasteiger partial charge in [-0.1, -0.05) is 42.0 Å². The molecule has 1 amide bonds. The first-order chi connectivity index (χ1) is 20.4. The predicted octanol–water partition coefficient (Wildman–Crippen LogP) is 6.25. The zero-order valence-electron chi connectivity index (χ0n) is 23.8. The van der Waals surface area contributed by atoms with E-state index in [4.69, 9.17) is 24.4 Å². The molecule has 0 saturated carbocycles. The number of aliphatic imine (C=N–C) groups is 1. The van der Waals surface area contributed by atoms with Gasteiger partial charge in [0.2, 0.25) is 5.17 Å². The third-order valence-electron chi connectivity index (χ3n) is 6.36. The first kappa shape index (κ1) is 28.9. The minimum absolute atomic E-state index is 0.0461. The largest absolute Gasteiger partial charge is 0.493 e. The summed E-state index contributed by atoms with van der Waals surface area (Å²) in [5.41, 5.74) is 3.01. The Balaban J connectivity index is 1.22. The second-order valence-corrected chi connectivity index (χ2v) is 10.6. The predicted molar refractivity (Wildman–Crippen MR) is 166 cm³/mol. The van der Waals surface area contributed by atoms with Crippen molar-refractivity contribution in [3.63, 3.8) is 0 Å². The number of amidine groups is 2. The Kier molecular flexibility index (Phi) is 9.23. The van der Waals surface area contributed by atoms with E-state index in [-0.39, 0.29) is 18.0 Å². The number of hydrazone groups is 1. The maximum atomic E-state index is 12.9. The average Bonchev–Trinajstić information content (AvgIpc) is 3.39. The molecule has 0 radical (unpaired) electrons. The molecule has 1 N–H and O–H groups in total. The quantitative estimate of drug-likeness (QED) is 0.198. The lowest BCUT2D eigenvalue weighted by molar-refractivity contribution is -0.114. The fourth-order valence-electron chi connectivity index (χ4n) is 4.18. The monoisotopic (exact) mass is 584 g/mol. The molecule has 0 fully saturated rings. The number of nitrogens with zero attached hydrogens (tertiary/aromatic N) is 3. The third kappa shape index (κ3) is 7.01. The SMILES string of the molecule is CCOc1cc(/C=C2/C(=N)N3N=C(COc4ccccc4C)SC3=NC2=O)ccc1OCCCOc1ccc(C)cc1. The van der Waals surface area contributed by atoms with Crippen LogP contribution in [0.1, 0.15) is 30.0 Å². The molecule has 2 aliphatic heterocycles. The van der Waals surface area contributed by atoms with Crippen molar-refractivity contribution in [3.8, 4) is 23.0 Å². The molecule has 0 spiro atoms. The van der Waals surface area contributed by atoms with E-state index in [9.17, 15) is 4.79 Å². The number of thioether (sulfide) groups is 1. The summed E-state index contributed by atoms with van der Waals surface area (Å²) in [7, 11) is 0. The number of ether oxygens (including phenoxy) is 4. The van der Waals surface area contributed by atoms with Gasteiger partial charge in [0.25, 0.3) is 5.91 Å². The van der Waals surface area contributed by atoms with Crippen LogP contribution in [0, 0.1) is 19.3 Å². The van der Waals surface area contributed by atoms with E-state index in [1.54, 1.807) is 18.2 Å². The zero-order chi connectivity index (χ0) is 29.5. The summed E-state index contributed by atoms with van der Waals surface area (Å²) in [6, 6.07) is 21.1. The minimum atomic E-state index is -0.498. The fourth-order valence-corrected chi connectivity index (χ4v) is 4.98. The van der Waals surface area contributed by atoms with Crippen molar-refractivity contribution < 1.29 is 23.7 Å². The molecule has 2 heterocycles. The molecule has 0 aliphatic carbocycles. The molecule has 0 unspecified atom stereocenters. The van der Waals surface area contributed by atoms with E-state index >= 15 is 0 Å². The smallest absolute Gasteiger partial charge is 0.283 e. The van der Waals surface area contributed by atoms with E-state index < -0.39 is 5.91 Å². The average molecular weight is 585 g/mol. The van der Waals surface area contributed by atoms with E-state index in [2.05, 4.69) is 10.1 Å². The molecule has 3 aromatic rings. The van der Waals surface area contributed by atoms with Gasteiger partial charge in [-0.05, 0) is 80.1 Å². The van der Waals surface area contributed by atoms with Crippen molar-refractivity contribution in [1.29, 1.82) is 5.41 Å². The molecule has 3 aromatic carbocycles. The Morgan fingerprint density at radius 3 is 2.48 bits per heavy atom. The van der Waals surface area contributed by atoms with Crippen molar-refractivity contribution in [1.82, 2.24) is 5.01 Å². The molecule has 0 aromatic heterocycles. The van der Waals surface area contributed by atoms with Crippen LogP contribution >= 0.6 is 11.8 Å². The number of benzene rings is 3. The molecule has 216 valence electrons. The molecule has 0 saturated heterocycles. The van der Waals surface area contributed by atoms with Crippen molar-refractivity contribution >= 4 is 39.8 Å². The molecule has 5 rings (SSSR count). The standard InChI is InChI=1S/C32H32N4O5S/c1-4-38-28-19-23(12-15-27(28)40-17-7-16-39-24-13-10-21(2)11-14-24)18-25-30(33)36-32(34-31(25)37)42-29(35-36)20-41-26-9-6-5-8-22(26)3/h5-6,8-15,18-19,33H,4,7,16-17,20H2,1-3H3/b25-18-,33-30?. The number of carbonyl (C=O) groups excluding carboxylic acids is 1. The lowest BCUT2D eigenvalue weighted by atomic mass is 10.1. The summed E-state index contributed by atoms with van der Waals surface area (Å²) in [5.74, 6) is 2.19. The Bertz CT molecular complexity index is 1570. The first-order valence-corrected chi connectivity index (χ1v) is 14.5. The number of carbonyl (C=O) groups is 1. The van der Waals surface area contributed by atoms with Crippen molar-refractivity contribution in [2.75, 3.05) is 26.4 Å².